The van der Waals surface area contributed by atoms with Gasteiger partial charge in [-0.1, -0.05) is 0 Å². The summed E-state index contributed by atoms with van der Waals surface area (Å²) in [5.41, 5.74) is -3.58. The first kappa shape index (κ1) is 29.9. The van der Waals surface area contributed by atoms with Crippen LogP contribution in [0.5, 0.6) is 0 Å². The Labute approximate surface area is 265 Å². The van der Waals surface area contributed by atoms with Crippen molar-refractivity contribution in [2.75, 3.05) is 0 Å². The van der Waals surface area contributed by atoms with Gasteiger partial charge in [-0.15, -0.1) is 0 Å². The quantitative estimate of drug-likeness (QED) is 0.320. The number of rotatable bonds is 2. The van der Waals surface area contributed by atoms with Crippen LogP contribution in [0.4, 0.5) is 4.39 Å². The highest BCUT2D eigenvalue weighted by atomic mass is 19.1. The maximum atomic E-state index is 17.2. The molecule has 0 spiro atoms. The van der Waals surface area contributed by atoms with Gasteiger partial charge in [0.1, 0.15) is 53.4 Å². The first-order valence-corrected chi connectivity index (χ1v) is 13.0. The van der Waals surface area contributed by atoms with Crippen molar-refractivity contribution < 1.29 is 4.39 Å². The smallest absolute Gasteiger partial charge is 0.140 e. The summed E-state index contributed by atoms with van der Waals surface area (Å²) in [7, 11) is 0. The van der Waals surface area contributed by atoms with E-state index in [4.69, 9.17) is 0 Å². The molecule has 3 aromatic carbocycles. The zero-order chi connectivity index (χ0) is 34.0. The highest BCUT2D eigenvalue weighted by Crippen LogP contribution is 2.56. The number of halogens is 1. The van der Waals surface area contributed by atoms with Crippen LogP contribution in [-0.2, 0) is 0 Å². The second-order valence-corrected chi connectivity index (χ2v) is 9.75. The van der Waals surface area contributed by atoms with E-state index in [1.165, 1.54) is 42.5 Å². The average molecular weight is 599 g/mol. The molecule has 11 heteroatoms. The molecule has 208 valence electrons. The molecule has 0 N–H and O–H groups in total. The second kappa shape index (κ2) is 11.6. The van der Waals surface area contributed by atoms with Gasteiger partial charge in [-0.3, -0.25) is 0 Å². The molecule has 0 saturated heterocycles. The van der Waals surface area contributed by atoms with E-state index in [0.29, 0.717) is 0 Å². The van der Waals surface area contributed by atoms with Gasteiger partial charge in [0.2, 0.25) is 0 Å². The molecule has 0 radical (unpaired) electrons. The normalized spacial score (nSPS) is 11.9. The van der Waals surface area contributed by atoms with Crippen LogP contribution in [0.1, 0.15) is 55.6 Å². The Morgan fingerprint density at radius 1 is 0.426 bits per heavy atom. The lowest BCUT2D eigenvalue weighted by atomic mass is 9.87. The Hall–Kier alpha value is -8.55. The minimum Gasteiger partial charge on any atom is -0.206 e. The third kappa shape index (κ3) is 4.40. The number of allylic oxidation sites excluding steroid dienone is 8. The van der Waals surface area contributed by atoms with Crippen LogP contribution in [0.3, 0.4) is 0 Å². The predicted octanol–water partition coefficient (Wildman–Crippen LogP) is 5.81. The third-order valence-corrected chi connectivity index (χ3v) is 7.44. The van der Waals surface area contributed by atoms with E-state index >= 15 is 4.39 Å². The van der Waals surface area contributed by atoms with Crippen molar-refractivity contribution in [1.82, 2.24) is 0 Å². The Kier molecular flexibility index (Phi) is 7.40. The van der Waals surface area contributed by atoms with Crippen molar-refractivity contribution in [3.63, 3.8) is 0 Å². The lowest BCUT2D eigenvalue weighted by Crippen LogP contribution is -2.02. The topological polar surface area (TPSA) is 238 Å². The van der Waals surface area contributed by atoms with Gasteiger partial charge >= 0.3 is 0 Å². The van der Waals surface area contributed by atoms with Crippen molar-refractivity contribution >= 4 is 33.4 Å². The molecular formula is C36H7FN10. The number of nitriles is 10. The summed E-state index contributed by atoms with van der Waals surface area (Å²) in [5, 5.41) is 98.8. The largest absolute Gasteiger partial charge is 0.206 e. The maximum absolute atomic E-state index is 17.2. The lowest BCUT2D eigenvalue weighted by molar-refractivity contribution is 0.620. The molecule has 5 rings (SSSR count). The van der Waals surface area contributed by atoms with E-state index in [9.17, 15) is 52.6 Å². The standard InChI is InChI=1S/C36H7FN10/c37-36-34-26(28(16-46)30(32(34)24(12-42)13-43)22-3-18(8-38)1-19(4-22)9-39)7-27-29(17-47)31(33(35(27)36)25(14-44)15-45)23-5-20(10-40)2-21(6-23)11-41/h1-7H. The van der Waals surface area contributed by atoms with Crippen LogP contribution in [0.15, 0.2) is 53.6 Å². The van der Waals surface area contributed by atoms with E-state index in [0.717, 1.165) is 0 Å². The molecule has 0 heterocycles. The number of nitrogens with zero attached hydrogens (tertiary/aromatic N) is 10. The van der Waals surface area contributed by atoms with Gasteiger partial charge in [0.05, 0.1) is 57.7 Å². The van der Waals surface area contributed by atoms with Crippen LogP contribution in [-0.4, -0.2) is 0 Å². The number of hydrogen-bond acceptors (Lipinski definition) is 10. The maximum Gasteiger partial charge on any atom is 0.140 e. The van der Waals surface area contributed by atoms with Crippen LogP contribution in [0, 0.1) is 119 Å². The summed E-state index contributed by atoms with van der Waals surface area (Å²) in [4.78, 5) is 0. The SMILES string of the molecule is N#CC(C#N)=C1C(c2cc(C#N)cc(C#N)c2)=C(C#N)c2cc3c(c(F)c21)C(=C(C#N)C#N)C(c1cc(C#N)cc(C#N)c1)=C3C#N. The minimum absolute atomic E-state index is 0.00570. The Morgan fingerprint density at radius 3 is 1.00 bits per heavy atom. The van der Waals surface area contributed by atoms with Gasteiger partial charge in [-0.05, 0) is 53.6 Å². The fraction of sp³-hybridized carbons (Fsp3) is 0. The van der Waals surface area contributed by atoms with Gasteiger partial charge in [0.15, 0.2) is 0 Å². The van der Waals surface area contributed by atoms with Gasteiger partial charge < -0.3 is 0 Å². The number of fused-ring (bicyclic) bond motifs is 2. The Morgan fingerprint density at radius 2 is 0.745 bits per heavy atom. The minimum atomic E-state index is -1.17. The molecule has 0 aromatic heterocycles. The highest BCUT2D eigenvalue weighted by molar-refractivity contribution is 6.30. The van der Waals surface area contributed by atoms with E-state index in [2.05, 4.69) is 0 Å². The fourth-order valence-electron chi connectivity index (χ4n) is 5.69. The van der Waals surface area contributed by atoms with E-state index < -0.39 is 28.1 Å². The van der Waals surface area contributed by atoms with Crippen molar-refractivity contribution in [2.45, 2.75) is 0 Å². The van der Waals surface area contributed by atoms with Crippen molar-refractivity contribution in [2.24, 2.45) is 0 Å². The number of hydrogen-bond donors (Lipinski definition) is 0. The molecule has 3 aromatic rings. The molecule has 10 nitrogen and oxygen atoms in total. The fourth-order valence-corrected chi connectivity index (χ4v) is 5.69. The van der Waals surface area contributed by atoms with Gasteiger partial charge in [0.25, 0.3) is 0 Å². The Balaban J connectivity index is 2.02. The Bertz CT molecular complexity index is 2350. The third-order valence-electron chi connectivity index (χ3n) is 7.44. The van der Waals surface area contributed by atoms with Crippen LogP contribution in [0.2, 0.25) is 0 Å². The summed E-state index contributed by atoms with van der Waals surface area (Å²) in [5.74, 6) is -1.17. The van der Waals surface area contributed by atoms with Gasteiger partial charge in [0, 0.05) is 44.5 Å². The van der Waals surface area contributed by atoms with E-state index in [-0.39, 0.29) is 77.9 Å². The van der Waals surface area contributed by atoms with E-state index in [1.54, 1.807) is 24.3 Å². The molecule has 2 aliphatic carbocycles. The zero-order valence-corrected chi connectivity index (χ0v) is 23.4. The number of benzene rings is 3. The molecule has 0 fully saturated rings. The molecule has 0 bridgehead atoms. The van der Waals surface area contributed by atoms with Gasteiger partial charge in [-0.25, -0.2) is 4.39 Å². The summed E-state index contributed by atoms with van der Waals surface area (Å²) in [6.45, 7) is 0. The van der Waals surface area contributed by atoms with Crippen LogP contribution >= 0.6 is 0 Å². The zero-order valence-electron chi connectivity index (χ0n) is 23.4. The molecule has 47 heavy (non-hydrogen) atoms. The second-order valence-electron chi connectivity index (χ2n) is 9.75. The molecule has 0 saturated carbocycles. The summed E-state index contributed by atoms with van der Waals surface area (Å²) < 4.78 is 17.2. The van der Waals surface area contributed by atoms with Crippen molar-refractivity contribution in [3.05, 3.63) is 115 Å². The van der Waals surface area contributed by atoms with Crippen LogP contribution in [0.25, 0.3) is 33.4 Å². The van der Waals surface area contributed by atoms with Crippen LogP contribution < -0.4 is 0 Å². The molecular weight excluding hydrogens is 591 g/mol. The van der Waals surface area contributed by atoms with Crippen molar-refractivity contribution in [1.29, 1.82) is 52.6 Å². The molecule has 0 aliphatic heterocycles. The summed E-state index contributed by atoms with van der Waals surface area (Å²) in [6.07, 6.45) is 0. The first-order chi connectivity index (χ1) is 22.8. The van der Waals surface area contributed by atoms with Crippen molar-refractivity contribution in [3.8, 4) is 60.7 Å². The average Bonchev–Trinajstić information content (AvgIpc) is 3.62. The van der Waals surface area contributed by atoms with E-state index in [1.807, 2.05) is 36.4 Å². The highest BCUT2D eigenvalue weighted by Gasteiger charge is 2.41. The summed E-state index contributed by atoms with van der Waals surface area (Å²) in [6, 6.07) is 27.4. The summed E-state index contributed by atoms with van der Waals surface area (Å²) >= 11 is 0. The molecule has 0 atom stereocenters. The molecule has 0 unspecified atom stereocenters. The first-order valence-electron chi connectivity index (χ1n) is 13.0. The van der Waals surface area contributed by atoms with Gasteiger partial charge in [-0.2, -0.15) is 52.6 Å². The molecule has 0 amide bonds. The monoisotopic (exact) mass is 598 g/mol. The lowest BCUT2D eigenvalue weighted by Gasteiger charge is -2.14. The molecule has 2 aliphatic rings. The predicted molar refractivity (Wildman–Crippen MR) is 159 cm³/mol.